The molecule has 0 saturated carbocycles. The maximum Gasteiger partial charge on any atom is 0.123 e. The zero-order valence-electron chi connectivity index (χ0n) is 2.98. The summed E-state index contributed by atoms with van der Waals surface area (Å²) in [6.45, 7) is 0. The Morgan fingerprint density at radius 3 is 2.83 bits per heavy atom. The average Bonchev–Trinajstić information content (AvgIpc) is 1.86. The lowest BCUT2D eigenvalue weighted by atomic mass is 11.0. The van der Waals surface area contributed by atoms with Crippen molar-refractivity contribution >= 4 is 15.9 Å². The van der Waals surface area contributed by atoms with Crippen LogP contribution in [0, 0.1) is 0 Å². The van der Waals surface area contributed by atoms with Gasteiger partial charge < -0.3 is 4.98 Å². The van der Waals surface area contributed by atoms with E-state index in [0.29, 0.717) is 0 Å². The first-order chi connectivity index (χ1) is 2.89. The van der Waals surface area contributed by atoms with Gasteiger partial charge >= 0.3 is 0 Å². The van der Waals surface area contributed by atoms with Crippen LogP contribution < -0.4 is 0 Å². The number of imidazole rings is 1. The molecule has 1 aromatic rings. The van der Waals surface area contributed by atoms with E-state index in [-0.39, 0.29) is 0 Å². The van der Waals surface area contributed by atoms with E-state index in [2.05, 4.69) is 25.9 Å². The van der Waals surface area contributed by atoms with Gasteiger partial charge in [-0.2, -0.15) is 0 Å². The number of aromatic amines is 1. The topological polar surface area (TPSA) is 28.7 Å². The van der Waals surface area contributed by atoms with Crippen LogP contribution in [0.25, 0.3) is 0 Å². The summed E-state index contributed by atoms with van der Waals surface area (Å²) in [7, 11) is 0. The second kappa shape index (κ2) is 1.43. The molecule has 1 N–H and O–H groups in total. The molecule has 0 spiro atoms. The number of nitrogens with zero attached hydrogens (tertiary/aromatic N) is 1. The standard InChI is InChI=1S/C3H3BrN2/c4-3-1-5-2-6-3/h1-2H,(H,5,6). The SMILES string of the molecule is Brc1c[nH]cn1. The first-order valence-corrected chi connectivity index (χ1v) is 2.33. The fourth-order valence-corrected chi connectivity index (χ4v) is 0.477. The molecule has 0 aliphatic carbocycles. The third-order valence-corrected chi connectivity index (χ3v) is 0.899. The molecule has 3 heteroatoms. The van der Waals surface area contributed by atoms with Crippen LogP contribution in [-0.2, 0) is 0 Å². The molecule has 0 aliphatic rings. The lowest BCUT2D eigenvalue weighted by Crippen LogP contribution is -1.50. The molecule has 1 heterocycles. The summed E-state index contributed by atoms with van der Waals surface area (Å²) in [5.41, 5.74) is 0. The first kappa shape index (κ1) is 3.87. The Morgan fingerprint density at radius 2 is 2.67 bits per heavy atom. The molecule has 1 aromatic heterocycles. The third kappa shape index (κ3) is 0.597. The molecular formula is C3H3BrN2. The van der Waals surface area contributed by atoms with E-state index in [9.17, 15) is 0 Å². The highest BCUT2D eigenvalue weighted by Gasteiger charge is 1.77. The van der Waals surface area contributed by atoms with Gasteiger partial charge in [-0.15, -0.1) is 0 Å². The van der Waals surface area contributed by atoms with Gasteiger partial charge in [0.2, 0.25) is 0 Å². The van der Waals surface area contributed by atoms with Crippen LogP contribution in [0.3, 0.4) is 0 Å². The summed E-state index contributed by atoms with van der Waals surface area (Å²) in [5.74, 6) is 0. The van der Waals surface area contributed by atoms with Crippen LogP contribution >= 0.6 is 15.9 Å². The monoisotopic (exact) mass is 146 g/mol. The number of aromatic nitrogens is 2. The van der Waals surface area contributed by atoms with Crippen molar-refractivity contribution in [1.82, 2.24) is 9.97 Å². The van der Waals surface area contributed by atoms with E-state index < -0.39 is 0 Å². The molecule has 0 unspecified atom stereocenters. The highest BCUT2D eigenvalue weighted by atomic mass is 79.9. The van der Waals surface area contributed by atoms with Crippen molar-refractivity contribution in [1.29, 1.82) is 0 Å². The van der Waals surface area contributed by atoms with E-state index in [4.69, 9.17) is 0 Å². The molecular weight excluding hydrogens is 144 g/mol. The highest BCUT2D eigenvalue weighted by molar-refractivity contribution is 9.10. The van der Waals surface area contributed by atoms with Gasteiger partial charge in [-0.3, -0.25) is 0 Å². The lowest BCUT2D eigenvalue weighted by Gasteiger charge is -1.61. The molecule has 0 atom stereocenters. The Labute approximate surface area is 43.7 Å². The fourth-order valence-electron chi connectivity index (χ4n) is 0.242. The predicted molar refractivity (Wildman–Crippen MR) is 26.3 cm³/mol. The molecule has 0 saturated heterocycles. The minimum absolute atomic E-state index is 0.850. The van der Waals surface area contributed by atoms with Crippen LogP contribution in [0.5, 0.6) is 0 Å². The predicted octanol–water partition coefficient (Wildman–Crippen LogP) is 1.17. The Kier molecular flexibility index (Phi) is 0.919. The molecule has 0 aromatic carbocycles. The molecule has 0 amide bonds. The molecule has 1 rings (SSSR count). The molecule has 6 heavy (non-hydrogen) atoms. The zero-order chi connectivity index (χ0) is 4.41. The van der Waals surface area contributed by atoms with Gasteiger partial charge in [0.15, 0.2) is 0 Å². The summed E-state index contributed by atoms with van der Waals surface area (Å²) in [6, 6.07) is 0. The van der Waals surface area contributed by atoms with Crippen LogP contribution in [0.1, 0.15) is 0 Å². The van der Waals surface area contributed by atoms with E-state index >= 15 is 0 Å². The van der Waals surface area contributed by atoms with Crippen molar-refractivity contribution < 1.29 is 0 Å². The van der Waals surface area contributed by atoms with Gasteiger partial charge in [-0.25, -0.2) is 4.98 Å². The minimum atomic E-state index is 0.850. The Bertz CT molecular complexity index is 112. The first-order valence-electron chi connectivity index (χ1n) is 1.54. The third-order valence-electron chi connectivity index (χ3n) is 0.465. The van der Waals surface area contributed by atoms with Crippen LogP contribution in [0.2, 0.25) is 0 Å². The Hall–Kier alpha value is -0.310. The van der Waals surface area contributed by atoms with Crippen molar-refractivity contribution in [2.24, 2.45) is 0 Å². The summed E-state index contributed by atoms with van der Waals surface area (Å²) >= 11 is 3.14. The number of halogens is 1. The van der Waals surface area contributed by atoms with Crippen LogP contribution in [0.15, 0.2) is 17.1 Å². The summed E-state index contributed by atoms with van der Waals surface area (Å²) in [6.07, 6.45) is 3.38. The van der Waals surface area contributed by atoms with E-state index in [1.54, 1.807) is 12.5 Å². The second-order valence-corrected chi connectivity index (χ2v) is 1.70. The normalized spacial score (nSPS) is 8.83. The summed E-state index contributed by atoms with van der Waals surface area (Å²) in [4.78, 5) is 6.55. The Balaban J connectivity index is 3.05. The van der Waals surface area contributed by atoms with Gasteiger partial charge in [0.1, 0.15) is 4.60 Å². The van der Waals surface area contributed by atoms with Gasteiger partial charge in [-0.1, -0.05) is 0 Å². The van der Waals surface area contributed by atoms with Crippen LogP contribution in [0.4, 0.5) is 0 Å². The van der Waals surface area contributed by atoms with Crippen molar-refractivity contribution in [2.75, 3.05) is 0 Å². The fraction of sp³-hybridized carbons (Fsp3) is 0. The summed E-state index contributed by atoms with van der Waals surface area (Å²) < 4.78 is 0.850. The molecule has 0 fully saturated rings. The number of hydrogen-bond donors (Lipinski definition) is 1. The molecule has 32 valence electrons. The second-order valence-electron chi connectivity index (χ2n) is 0.892. The molecule has 0 bridgehead atoms. The largest absolute Gasteiger partial charge is 0.350 e. The summed E-state index contributed by atoms with van der Waals surface area (Å²) in [5, 5.41) is 0. The molecule has 0 aliphatic heterocycles. The Morgan fingerprint density at radius 1 is 1.83 bits per heavy atom. The average molecular weight is 147 g/mol. The van der Waals surface area contributed by atoms with Gasteiger partial charge in [0.05, 0.1) is 6.33 Å². The number of rotatable bonds is 0. The smallest absolute Gasteiger partial charge is 0.123 e. The van der Waals surface area contributed by atoms with Crippen LogP contribution in [-0.4, -0.2) is 9.97 Å². The van der Waals surface area contributed by atoms with E-state index in [1.165, 1.54) is 0 Å². The maximum absolute atomic E-state index is 3.78. The number of H-pyrrole nitrogens is 1. The molecule has 0 radical (unpaired) electrons. The lowest BCUT2D eigenvalue weighted by molar-refractivity contribution is 1.30. The van der Waals surface area contributed by atoms with Gasteiger partial charge in [-0.05, 0) is 15.9 Å². The van der Waals surface area contributed by atoms with E-state index in [0.717, 1.165) is 4.60 Å². The van der Waals surface area contributed by atoms with Crippen molar-refractivity contribution in [3.8, 4) is 0 Å². The number of nitrogens with one attached hydrogen (secondary N) is 1. The highest BCUT2D eigenvalue weighted by Crippen LogP contribution is 1.98. The minimum Gasteiger partial charge on any atom is -0.350 e. The van der Waals surface area contributed by atoms with Crippen molar-refractivity contribution in [2.45, 2.75) is 0 Å². The van der Waals surface area contributed by atoms with Crippen molar-refractivity contribution in [3.05, 3.63) is 17.1 Å². The van der Waals surface area contributed by atoms with E-state index in [1.807, 2.05) is 0 Å². The van der Waals surface area contributed by atoms with Crippen molar-refractivity contribution in [3.63, 3.8) is 0 Å². The quantitative estimate of drug-likeness (QED) is 0.586. The van der Waals surface area contributed by atoms with Gasteiger partial charge in [0.25, 0.3) is 0 Å². The maximum atomic E-state index is 3.78. The number of hydrogen-bond acceptors (Lipinski definition) is 1. The zero-order valence-corrected chi connectivity index (χ0v) is 4.57. The van der Waals surface area contributed by atoms with Gasteiger partial charge in [0, 0.05) is 6.20 Å². The molecule has 2 nitrogen and oxygen atoms in total.